The molecule has 0 fully saturated rings. The van der Waals surface area contributed by atoms with Crippen molar-refractivity contribution in [2.75, 3.05) is 7.11 Å². The molecule has 1 aromatic rings. The monoisotopic (exact) mass is 277 g/mol. The molecule has 0 saturated heterocycles. The molecule has 0 saturated carbocycles. The first kappa shape index (κ1) is 16.2. The predicted molar refractivity (Wildman–Crippen MR) is 80.7 cm³/mol. The first-order valence-electron chi connectivity index (χ1n) is 7.00. The predicted octanol–water partition coefficient (Wildman–Crippen LogP) is 4.22. The van der Waals surface area contributed by atoms with Gasteiger partial charge in [-0.1, -0.05) is 20.8 Å². The zero-order chi connectivity index (χ0) is 15.0. The van der Waals surface area contributed by atoms with Gasteiger partial charge < -0.3 is 9.47 Å². The number of aliphatic imine (C=N–C) groups is 1. The normalized spacial score (nSPS) is 11.6. The maximum absolute atomic E-state index is 11.8. The molecule has 0 bridgehead atoms. The molecule has 1 aromatic carbocycles. The van der Waals surface area contributed by atoms with Gasteiger partial charge in [0, 0.05) is 6.21 Å². The topological polar surface area (TPSA) is 47.9 Å². The van der Waals surface area contributed by atoms with Crippen LogP contribution in [0, 0.1) is 0 Å². The molecule has 4 heteroatoms. The minimum Gasteiger partial charge on any atom is -0.497 e. The second kappa shape index (κ2) is 7.68. The molecule has 0 radical (unpaired) electrons. The Morgan fingerprint density at radius 3 is 2.15 bits per heavy atom. The van der Waals surface area contributed by atoms with Crippen molar-refractivity contribution in [2.45, 2.75) is 45.6 Å². The Kier molecular flexibility index (Phi) is 6.22. The van der Waals surface area contributed by atoms with Crippen molar-refractivity contribution in [3.8, 4) is 5.75 Å². The number of ether oxygens (including phenoxy) is 2. The molecule has 110 valence electrons. The summed E-state index contributed by atoms with van der Waals surface area (Å²) in [6, 6.07) is 7.31. The van der Waals surface area contributed by atoms with Gasteiger partial charge in [0.05, 0.1) is 7.11 Å². The fourth-order valence-electron chi connectivity index (χ4n) is 2.00. The number of hydrogen-bond donors (Lipinski definition) is 0. The summed E-state index contributed by atoms with van der Waals surface area (Å²) in [5, 5.41) is 0. The van der Waals surface area contributed by atoms with Crippen molar-refractivity contribution in [3.63, 3.8) is 0 Å². The smallest absolute Gasteiger partial charge is 0.434 e. The van der Waals surface area contributed by atoms with Crippen LogP contribution in [0.5, 0.6) is 5.75 Å². The van der Waals surface area contributed by atoms with Gasteiger partial charge in [-0.05, 0) is 49.1 Å². The van der Waals surface area contributed by atoms with E-state index in [0.717, 1.165) is 30.6 Å². The zero-order valence-electron chi connectivity index (χ0n) is 12.7. The van der Waals surface area contributed by atoms with Gasteiger partial charge in [-0.3, -0.25) is 0 Å². The number of carbonyl (C=O) groups excluding carboxylic acids is 1. The van der Waals surface area contributed by atoms with E-state index in [1.165, 1.54) is 6.21 Å². The van der Waals surface area contributed by atoms with Crippen molar-refractivity contribution in [3.05, 3.63) is 29.8 Å². The molecule has 20 heavy (non-hydrogen) atoms. The summed E-state index contributed by atoms with van der Waals surface area (Å²) in [6.45, 7) is 6.06. The third kappa shape index (κ3) is 4.37. The van der Waals surface area contributed by atoms with Gasteiger partial charge in [0.2, 0.25) is 0 Å². The van der Waals surface area contributed by atoms with Crippen LogP contribution >= 0.6 is 0 Å². The van der Waals surface area contributed by atoms with Crippen LogP contribution in [0.1, 0.15) is 45.6 Å². The first-order chi connectivity index (χ1) is 9.59. The van der Waals surface area contributed by atoms with Crippen molar-refractivity contribution >= 4 is 12.3 Å². The zero-order valence-corrected chi connectivity index (χ0v) is 12.7. The Hall–Kier alpha value is -1.84. The summed E-state index contributed by atoms with van der Waals surface area (Å²) in [4.78, 5) is 15.6. The molecule has 0 aliphatic heterocycles. The van der Waals surface area contributed by atoms with Crippen LogP contribution < -0.4 is 4.74 Å². The lowest BCUT2D eigenvalue weighted by molar-refractivity contribution is 0.00742. The minimum absolute atomic E-state index is 0.395. The molecule has 0 aliphatic carbocycles. The summed E-state index contributed by atoms with van der Waals surface area (Å²) in [6.07, 6.45) is 3.36. The van der Waals surface area contributed by atoms with Gasteiger partial charge in [0.15, 0.2) is 0 Å². The summed E-state index contributed by atoms with van der Waals surface area (Å²) >= 11 is 0. The van der Waals surface area contributed by atoms with Crippen LogP contribution in [0.3, 0.4) is 0 Å². The van der Waals surface area contributed by atoms with E-state index in [9.17, 15) is 4.79 Å². The number of nitrogens with zero attached hydrogens (tertiary/aromatic N) is 1. The number of carbonyl (C=O) groups is 1. The molecule has 0 unspecified atom stereocenters. The summed E-state index contributed by atoms with van der Waals surface area (Å²) in [7, 11) is 1.61. The minimum atomic E-state index is -0.536. The summed E-state index contributed by atoms with van der Waals surface area (Å²) in [5.41, 5.74) is 0.437. The van der Waals surface area contributed by atoms with E-state index in [4.69, 9.17) is 9.47 Å². The van der Waals surface area contributed by atoms with E-state index in [1.54, 1.807) is 7.11 Å². The molecule has 1 amide bonds. The number of rotatable bonds is 6. The molecule has 1 rings (SSSR count). The molecule has 0 aliphatic rings. The van der Waals surface area contributed by atoms with E-state index < -0.39 is 11.7 Å². The van der Waals surface area contributed by atoms with Crippen molar-refractivity contribution in [2.24, 2.45) is 4.99 Å². The third-order valence-electron chi connectivity index (χ3n) is 3.67. The molecule has 0 spiro atoms. The highest BCUT2D eigenvalue weighted by molar-refractivity contribution is 5.89. The van der Waals surface area contributed by atoms with E-state index in [0.29, 0.717) is 0 Å². The van der Waals surface area contributed by atoms with Crippen molar-refractivity contribution in [1.82, 2.24) is 0 Å². The second-order valence-corrected chi connectivity index (χ2v) is 4.64. The first-order valence-corrected chi connectivity index (χ1v) is 7.00. The van der Waals surface area contributed by atoms with Crippen LogP contribution in [0.25, 0.3) is 0 Å². The van der Waals surface area contributed by atoms with Crippen LogP contribution in [0.15, 0.2) is 29.3 Å². The molecule has 0 aromatic heterocycles. The van der Waals surface area contributed by atoms with Gasteiger partial charge in [-0.25, -0.2) is 4.79 Å². The van der Waals surface area contributed by atoms with Gasteiger partial charge in [0.1, 0.15) is 11.4 Å². The van der Waals surface area contributed by atoms with E-state index in [1.807, 2.05) is 45.0 Å². The summed E-state index contributed by atoms with van der Waals surface area (Å²) < 4.78 is 10.6. The van der Waals surface area contributed by atoms with Crippen LogP contribution in [-0.4, -0.2) is 25.0 Å². The van der Waals surface area contributed by atoms with Crippen LogP contribution in [0.4, 0.5) is 4.79 Å². The van der Waals surface area contributed by atoms with E-state index in [-0.39, 0.29) is 0 Å². The quantitative estimate of drug-likeness (QED) is 0.731. The van der Waals surface area contributed by atoms with Crippen LogP contribution in [-0.2, 0) is 4.74 Å². The van der Waals surface area contributed by atoms with Crippen molar-refractivity contribution in [1.29, 1.82) is 0 Å². The SMILES string of the molecule is CCC(CC)(CC)OC(=O)/N=C/c1ccc(OC)cc1. The average molecular weight is 277 g/mol. The average Bonchev–Trinajstić information content (AvgIpc) is 2.51. The fourth-order valence-corrected chi connectivity index (χ4v) is 2.00. The van der Waals surface area contributed by atoms with E-state index in [2.05, 4.69) is 4.99 Å². The number of benzene rings is 1. The van der Waals surface area contributed by atoms with Crippen molar-refractivity contribution < 1.29 is 14.3 Å². The van der Waals surface area contributed by atoms with Gasteiger partial charge in [-0.15, -0.1) is 0 Å². The highest BCUT2D eigenvalue weighted by Crippen LogP contribution is 2.24. The Bertz CT molecular complexity index is 439. The van der Waals surface area contributed by atoms with Crippen LogP contribution in [0.2, 0.25) is 0 Å². The number of amides is 1. The molecule has 0 atom stereocenters. The van der Waals surface area contributed by atoms with E-state index >= 15 is 0 Å². The Morgan fingerprint density at radius 2 is 1.70 bits per heavy atom. The Balaban J connectivity index is 2.67. The lowest BCUT2D eigenvalue weighted by Crippen LogP contribution is -2.32. The summed E-state index contributed by atoms with van der Waals surface area (Å²) in [5.74, 6) is 0.770. The second-order valence-electron chi connectivity index (χ2n) is 4.64. The Morgan fingerprint density at radius 1 is 1.15 bits per heavy atom. The molecule has 0 N–H and O–H groups in total. The number of methoxy groups -OCH3 is 1. The maximum Gasteiger partial charge on any atom is 0.434 e. The highest BCUT2D eigenvalue weighted by atomic mass is 16.6. The lowest BCUT2D eigenvalue weighted by Gasteiger charge is -2.29. The number of hydrogen-bond acceptors (Lipinski definition) is 3. The lowest BCUT2D eigenvalue weighted by atomic mass is 9.94. The van der Waals surface area contributed by atoms with Gasteiger partial charge in [-0.2, -0.15) is 4.99 Å². The highest BCUT2D eigenvalue weighted by Gasteiger charge is 2.28. The molecular weight excluding hydrogens is 254 g/mol. The standard InChI is InChI=1S/C16H23NO3/c1-5-16(6-2,7-3)20-15(18)17-12-13-8-10-14(19-4)11-9-13/h8-12H,5-7H2,1-4H3/b17-12+. The largest absolute Gasteiger partial charge is 0.497 e. The fraction of sp³-hybridized carbons (Fsp3) is 0.500. The van der Waals surface area contributed by atoms with Gasteiger partial charge in [0.25, 0.3) is 0 Å². The maximum atomic E-state index is 11.8. The molecular formula is C16H23NO3. The molecule has 4 nitrogen and oxygen atoms in total. The Labute approximate surface area is 120 Å². The third-order valence-corrected chi connectivity index (χ3v) is 3.67. The van der Waals surface area contributed by atoms with Gasteiger partial charge >= 0.3 is 6.09 Å². The molecule has 0 heterocycles.